The Hall–Kier alpha value is -3.35. The van der Waals surface area contributed by atoms with Crippen LogP contribution in [0.2, 0.25) is 0 Å². The van der Waals surface area contributed by atoms with Crippen LogP contribution in [0.1, 0.15) is 119 Å². The first-order chi connectivity index (χ1) is 24.9. The molecule has 2 aliphatic rings. The Labute approximate surface area is 314 Å². The molecule has 1 aromatic heterocycles. The monoisotopic (exact) mass is 739 g/mol. The van der Waals surface area contributed by atoms with Crippen LogP contribution in [0.25, 0.3) is 0 Å². The Kier molecular flexibility index (Phi) is 16.1. The van der Waals surface area contributed by atoms with Gasteiger partial charge in [0.1, 0.15) is 22.8 Å². The van der Waals surface area contributed by atoms with E-state index in [0.717, 1.165) is 63.5 Å². The van der Waals surface area contributed by atoms with E-state index < -0.39 is 30.1 Å². The Morgan fingerprint density at radius 1 is 1.00 bits per heavy atom. The van der Waals surface area contributed by atoms with E-state index in [1.165, 1.54) is 11.3 Å². The number of nitrogens with one attached hydrogen (secondary N) is 2. The number of carboxylic acid groups (broad SMARTS) is 1. The molecule has 1 saturated carbocycles. The van der Waals surface area contributed by atoms with Crippen LogP contribution in [0.3, 0.4) is 0 Å². The van der Waals surface area contributed by atoms with Crippen LogP contribution in [0.5, 0.6) is 0 Å². The molecule has 0 radical (unpaired) electrons. The van der Waals surface area contributed by atoms with Crippen LogP contribution in [0, 0.1) is 17.8 Å². The van der Waals surface area contributed by atoms with Crippen LogP contribution >= 0.6 is 11.3 Å². The number of hydrogen-bond acceptors (Lipinski definition) is 8. The number of ether oxygens (including phenoxy) is 1. The van der Waals surface area contributed by atoms with Crippen molar-refractivity contribution in [1.82, 2.24) is 25.4 Å². The van der Waals surface area contributed by atoms with E-state index in [1.807, 2.05) is 56.3 Å². The van der Waals surface area contributed by atoms with Crippen LogP contribution in [0.4, 0.5) is 0 Å². The molecule has 3 N–H and O–H groups in total. The third kappa shape index (κ3) is 11.6. The standard InChI is InChI=1S/C40H61N5O6S/c1-7-51-34(38-42-31(25-52-38)36(46)41-30(22-27(4)40(49)50)23-28-16-10-8-11-17-28)24-33(26(2)3)45(6)39(48)35(29-18-12-9-13-19-29)43-37(47)32-20-14-15-21-44(32)5/h8,10-11,16-17,25-27,29-30,32-35H,7,9,12-15,18-24H2,1-6H3,(H,41,46)(H,43,47)(H,49,50)/t27?,30?,32-,33?,34?,35?/m1/s1. The summed E-state index contributed by atoms with van der Waals surface area (Å²) >= 11 is 1.35. The lowest BCUT2D eigenvalue weighted by Crippen LogP contribution is -2.58. The highest BCUT2D eigenvalue weighted by Crippen LogP contribution is 2.33. The smallest absolute Gasteiger partial charge is 0.306 e. The fourth-order valence-electron chi connectivity index (χ4n) is 7.84. The average Bonchev–Trinajstić information content (AvgIpc) is 3.63. The molecule has 52 heavy (non-hydrogen) atoms. The molecule has 2 fully saturated rings. The fourth-order valence-corrected chi connectivity index (χ4v) is 8.70. The second-order valence-electron chi connectivity index (χ2n) is 15.2. The number of rotatable bonds is 18. The zero-order valence-corrected chi connectivity index (χ0v) is 32.8. The first kappa shape index (κ1) is 41.4. The number of likely N-dealkylation sites (tertiary alicyclic amines) is 1. The zero-order chi connectivity index (χ0) is 37.8. The largest absolute Gasteiger partial charge is 0.481 e. The van der Waals surface area contributed by atoms with Gasteiger partial charge in [-0.1, -0.05) is 76.8 Å². The molecular formula is C40H61N5O6S. The van der Waals surface area contributed by atoms with Gasteiger partial charge in [-0.3, -0.25) is 24.1 Å². The molecule has 4 rings (SSSR count). The molecule has 1 aromatic carbocycles. The lowest BCUT2D eigenvalue weighted by atomic mass is 9.82. The summed E-state index contributed by atoms with van der Waals surface area (Å²) in [7, 11) is 3.84. The third-order valence-corrected chi connectivity index (χ3v) is 11.9. The van der Waals surface area contributed by atoms with Crippen molar-refractivity contribution in [1.29, 1.82) is 0 Å². The molecule has 6 atom stereocenters. The molecule has 5 unspecified atom stereocenters. The second-order valence-corrected chi connectivity index (χ2v) is 16.1. The van der Waals surface area contributed by atoms with Crippen molar-refractivity contribution in [3.8, 4) is 0 Å². The lowest BCUT2D eigenvalue weighted by Gasteiger charge is -2.39. The molecule has 12 heteroatoms. The molecule has 288 valence electrons. The quantitative estimate of drug-likeness (QED) is 0.167. The van der Waals surface area contributed by atoms with Crippen LogP contribution in [-0.4, -0.2) is 95.0 Å². The summed E-state index contributed by atoms with van der Waals surface area (Å²) in [6.45, 7) is 9.06. The molecule has 1 saturated heterocycles. The zero-order valence-electron chi connectivity index (χ0n) is 32.0. The van der Waals surface area contributed by atoms with E-state index in [9.17, 15) is 24.3 Å². The predicted molar refractivity (Wildman–Crippen MR) is 204 cm³/mol. The normalized spacial score (nSPS) is 20.0. The van der Waals surface area contributed by atoms with Crippen molar-refractivity contribution in [3.05, 3.63) is 52.0 Å². The number of carbonyl (C=O) groups excluding carboxylic acids is 3. The van der Waals surface area contributed by atoms with Gasteiger partial charge in [0.25, 0.3) is 5.91 Å². The molecule has 1 aliphatic heterocycles. The predicted octanol–water partition coefficient (Wildman–Crippen LogP) is 6.10. The van der Waals surface area contributed by atoms with Gasteiger partial charge in [-0.15, -0.1) is 11.3 Å². The SMILES string of the molecule is CCOC(CC(C(C)C)N(C)C(=O)C(NC(=O)[C@H]1CCCCN1C)C1CCCCC1)c1nc(C(=O)NC(Cc2ccccc2)CC(C)C(=O)O)cs1. The number of benzene rings is 1. The second kappa shape index (κ2) is 20.2. The summed E-state index contributed by atoms with van der Waals surface area (Å²) in [5.74, 6) is -1.83. The van der Waals surface area contributed by atoms with E-state index in [4.69, 9.17) is 9.72 Å². The first-order valence-corrected chi connectivity index (χ1v) is 20.2. The van der Waals surface area contributed by atoms with Gasteiger partial charge in [0.2, 0.25) is 11.8 Å². The molecular weight excluding hydrogens is 679 g/mol. The molecule has 2 heterocycles. The number of hydrogen-bond donors (Lipinski definition) is 3. The minimum absolute atomic E-state index is 0.0511. The van der Waals surface area contributed by atoms with Crippen LogP contribution in [0.15, 0.2) is 35.7 Å². The number of aliphatic carboxylic acids is 1. The number of nitrogens with zero attached hydrogens (tertiary/aromatic N) is 3. The number of carboxylic acids is 1. The topological polar surface area (TPSA) is 141 Å². The molecule has 3 amide bonds. The van der Waals surface area contributed by atoms with Gasteiger partial charge in [-0.25, -0.2) is 4.98 Å². The summed E-state index contributed by atoms with van der Waals surface area (Å²) in [6.07, 6.45) is 8.81. The summed E-state index contributed by atoms with van der Waals surface area (Å²) in [6, 6.07) is 8.30. The highest BCUT2D eigenvalue weighted by atomic mass is 32.1. The summed E-state index contributed by atoms with van der Waals surface area (Å²) < 4.78 is 6.24. The number of thiazole rings is 1. The minimum atomic E-state index is -0.907. The number of carbonyl (C=O) groups is 4. The first-order valence-electron chi connectivity index (χ1n) is 19.3. The van der Waals surface area contributed by atoms with Crippen molar-refractivity contribution in [2.45, 2.75) is 129 Å². The fraction of sp³-hybridized carbons (Fsp3) is 0.675. The highest BCUT2D eigenvalue weighted by Gasteiger charge is 2.39. The lowest BCUT2D eigenvalue weighted by molar-refractivity contribution is -0.142. The van der Waals surface area contributed by atoms with Crippen molar-refractivity contribution in [3.63, 3.8) is 0 Å². The summed E-state index contributed by atoms with van der Waals surface area (Å²) in [4.78, 5) is 61.9. The molecule has 1 aliphatic carbocycles. The van der Waals surface area contributed by atoms with Gasteiger partial charge in [-0.2, -0.15) is 0 Å². The Bertz CT molecular complexity index is 1450. The summed E-state index contributed by atoms with van der Waals surface area (Å²) in [5, 5.41) is 18.2. The van der Waals surface area contributed by atoms with Gasteiger partial charge in [0.05, 0.1) is 12.0 Å². The maximum absolute atomic E-state index is 14.5. The van der Waals surface area contributed by atoms with Crippen LogP contribution in [-0.2, 0) is 25.5 Å². The van der Waals surface area contributed by atoms with E-state index in [0.29, 0.717) is 24.5 Å². The van der Waals surface area contributed by atoms with Crippen molar-refractivity contribution in [2.24, 2.45) is 17.8 Å². The van der Waals surface area contributed by atoms with E-state index in [2.05, 4.69) is 29.4 Å². The Balaban J connectivity index is 1.50. The van der Waals surface area contributed by atoms with Crippen molar-refractivity contribution in [2.75, 3.05) is 27.2 Å². The Morgan fingerprint density at radius 2 is 1.69 bits per heavy atom. The van der Waals surface area contributed by atoms with Gasteiger partial charge in [0.15, 0.2) is 0 Å². The molecule has 0 bridgehead atoms. The van der Waals surface area contributed by atoms with E-state index in [-0.39, 0.29) is 53.8 Å². The third-order valence-electron chi connectivity index (χ3n) is 10.9. The number of amides is 3. The van der Waals surface area contributed by atoms with Crippen molar-refractivity contribution >= 4 is 35.0 Å². The Morgan fingerprint density at radius 3 is 2.33 bits per heavy atom. The van der Waals surface area contributed by atoms with Gasteiger partial charge < -0.3 is 25.4 Å². The molecule has 2 aromatic rings. The van der Waals surface area contributed by atoms with Gasteiger partial charge in [-0.05, 0) is 76.4 Å². The maximum atomic E-state index is 14.5. The molecule has 11 nitrogen and oxygen atoms in total. The highest BCUT2D eigenvalue weighted by molar-refractivity contribution is 7.09. The van der Waals surface area contributed by atoms with Gasteiger partial charge >= 0.3 is 5.97 Å². The van der Waals surface area contributed by atoms with Crippen LogP contribution < -0.4 is 10.6 Å². The molecule has 0 spiro atoms. The maximum Gasteiger partial charge on any atom is 0.306 e. The number of likely N-dealkylation sites (N-methyl/N-ethyl adjacent to an activating group) is 2. The number of aromatic nitrogens is 1. The van der Waals surface area contributed by atoms with Crippen molar-refractivity contribution < 1.29 is 29.0 Å². The van der Waals surface area contributed by atoms with E-state index >= 15 is 0 Å². The minimum Gasteiger partial charge on any atom is -0.481 e. The summed E-state index contributed by atoms with van der Waals surface area (Å²) in [5.41, 5.74) is 1.26. The van der Waals surface area contributed by atoms with Gasteiger partial charge in [0, 0.05) is 37.5 Å². The number of piperidine rings is 1. The van der Waals surface area contributed by atoms with E-state index in [1.54, 1.807) is 12.3 Å². The average molecular weight is 740 g/mol.